The van der Waals surface area contributed by atoms with Gasteiger partial charge in [-0.05, 0) is 51.5 Å². The molecule has 1 aromatic carbocycles. The van der Waals surface area contributed by atoms with Gasteiger partial charge in [-0.3, -0.25) is 0 Å². The highest BCUT2D eigenvalue weighted by molar-refractivity contribution is 7.90. The molecule has 6 heteroatoms. The lowest BCUT2D eigenvalue weighted by Gasteiger charge is -2.23. The molecule has 0 bridgehead atoms. The zero-order valence-corrected chi connectivity index (χ0v) is 14.1. The molecule has 0 amide bonds. The molecule has 0 fully saturated rings. The SMILES string of the molecule is Cc1cc(OCC(O)CNC(C)(C)C)ccc1S(C)(=O)=O. The van der Waals surface area contributed by atoms with Gasteiger partial charge in [-0.1, -0.05) is 0 Å². The van der Waals surface area contributed by atoms with E-state index in [-0.39, 0.29) is 12.1 Å². The first kappa shape index (κ1) is 17.9. The fourth-order valence-corrected chi connectivity index (χ4v) is 2.76. The van der Waals surface area contributed by atoms with Gasteiger partial charge in [-0.15, -0.1) is 0 Å². The molecular weight excluding hydrogens is 290 g/mol. The van der Waals surface area contributed by atoms with Crippen molar-refractivity contribution in [1.82, 2.24) is 5.32 Å². The smallest absolute Gasteiger partial charge is 0.175 e. The number of aliphatic hydroxyl groups excluding tert-OH is 1. The Morgan fingerprint density at radius 3 is 2.43 bits per heavy atom. The van der Waals surface area contributed by atoms with E-state index < -0.39 is 15.9 Å². The topological polar surface area (TPSA) is 75.6 Å². The zero-order chi connectivity index (χ0) is 16.3. The molecule has 0 aliphatic heterocycles. The minimum absolute atomic E-state index is 0.0608. The van der Waals surface area contributed by atoms with Crippen molar-refractivity contribution < 1.29 is 18.3 Å². The molecule has 1 unspecified atom stereocenters. The summed E-state index contributed by atoms with van der Waals surface area (Å²) >= 11 is 0. The van der Waals surface area contributed by atoms with Crippen molar-refractivity contribution in [2.45, 2.75) is 44.2 Å². The Labute approximate surface area is 127 Å². The van der Waals surface area contributed by atoms with Crippen molar-refractivity contribution in [2.24, 2.45) is 0 Å². The molecule has 5 nitrogen and oxygen atoms in total. The van der Waals surface area contributed by atoms with Crippen LogP contribution in [0.1, 0.15) is 26.3 Å². The van der Waals surface area contributed by atoms with E-state index in [4.69, 9.17) is 4.74 Å². The molecule has 0 aliphatic rings. The molecule has 1 rings (SSSR count). The van der Waals surface area contributed by atoms with Crippen LogP contribution in [0.4, 0.5) is 0 Å². The van der Waals surface area contributed by atoms with Crippen LogP contribution in [0.15, 0.2) is 23.1 Å². The third-order valence-electron chi connectivity index (χ3n) is 2.86. The minimum Gasteiger partial charge on any atom is -0.491 e. The molecule has 0 spiro atoms. The van der Waals surface area contributed by atoms with Crippen LogP contribution in [0.5, 0.6) is 5.75 Å². The average molecular weight is 315 g/mol. The number of β-amino-alcohol motifs (C(OH)–C–C–N with tert-alkyl or cyclic N) is 1. The summed E-state index contributed by atoms with van der Waals surface area (Å²) in [5, 5.41) is 13.0. The van der Waals surface area contributed by atoms with Crippen molar-refractivity contribution in [3.05, 3.63) is 23.8 Å². The number of rotatable bonds is 6. The summed E-state index contributed by atoms with van der Waals surface area (Å²) in [6.07, 6.45) is 0.553. The number of hydrogen-bond acceptors (Lipinski definition) is 5. The lowest BCUT2D eigenvalue weighted by Crippen LogP contribution is -2.42. The molecule has 1 atom stereocenters. The number of nitrogens with one attached hydrogen (secondary N) is 1. The van der Waals surface area contributed by atoms with Gasteiger partial charge in [0.2, 0.25) is 0 Å². The van der Waals surface area contributed by atoms with Gasteiger partial charge in [0, 0.05) is 18.3 Å². The van der Waals surface area contributed by atoms with Crippen LogP contribution in [0.2, 0.25) is 0 Å². The Morgan fingerprint density at radius 1 is 1.33 bits per heavy atom. The van der Waals surface area contributed by atoms with Crippen LogP contribution in [0.3, 0.4) is 0 Å². The lowest BCUT2D eigenvalue weighted by molar-refractivity contribution is 0.1000. The Kier molecular flexibility index (Phi) is 5.78. The van der Waals surface area contributed by atoms with Gasteiger partial charge < -0.3 is 15.2 Å². The van der Waals surface area contributed by atoms with Gasteiger partial charge in [0.1, 0.15) is 18.5 Å². The summed E-state index contributed by atoms with van der Waals surface area (Å²) in [6.45, 7) is 8.38. The van der Waals surface area contributed by atoms with Crippen molar-refractivity contribution >= 4 is 9.84 Å². The van der Waals surface area contributed by atoms with Gasteiger partial charge in [0.15, 0.2) is 9.84 Å². The fraction of sp³-hybridized carbons (Fsp3) is 0.600. The van der Waals surface area contributed by atoms with Gasteiger partial charge in [0.25, 0.3) is 0 Å². The summed E-state index contributed by atoms with van der Waals surface area (Å²) < 4.78 is 28.5. The Balaban J connectivity index is 2.59. The maximum Gasteiger partial charge on any atom is 0.175 e. The number of aliphatic hydroxyl groups is 1. The molecule has 21 heavy (non-hydrogen) atoms. The van der Waals surface area contributed by atoms with E-state index in [0.717, 1.165) is 0 Å². The third-order valence-corrected chi connectivity index (χ3v) is 4.11. The van der Waals surface area contributed by atoms with E-state index >= 15 is 0 Å². The number of hydrogen-bond donors (Lipinski definition) is 2. The average Bonchev–Trinajstić information content (AvgIpc) is 2.31. The van der Waals surface area contributed by atoms with Gasteiger partial charge in [0.05, 0.1) is 4.90 Å². The monoisotopic (exact) mass is 315 g/mol. The number of ether oxygens (including phenoxy) is 1. The number of benzene rings is 1. The van der Waals surface area contributed by atoms with Crippen LogP contribution in [-0.4, -0.2) is 44.6 Å². The zero-order valence-electron chi connectivity index (χ0n) is 13.3. The summed E-state index contributed by atoms with van der Waals surface area (Å²) in [6, 6.07) is 4.80. The summed E-state index contributed by atoms with van der Waals surface area (Å²) in [7, 11) is -3.22. The van der Waals surface area contributed by atoms with E-state index in [2.05, 4.69) is 5.32 Å². The highest BCUT2D eigenvalue weighted by atomic mass is 32.2. The van der Waals surface area contributed by atoms with Crippen LogP contribution < -0.4 is 10.1 Å². The van der Waals surface area contributed by atoms with Crippen molar-refractivity contribution in [1.29, 1.82) is 0 Å². The number of aryl methyl sites for hydroxylation is 1. The van der Waals surface area contributed by atoms with E-state index in [1.807, 2.05) is 20.8 Å². The lowest BCUT2D eigenvalue weighted by atomic mass is 10.1. The molecule has 2 N–H and O–H groups in total. The van der Waals surface area contributed by atoms with E-state index in [0.29, 0.717) is 22.8 Å². The normalized spacial score (nSPS) is 14.0. The molecule has 120 valence electrons. The molecule has 0 saturated heterocycles. The highest BCUT2D eigenvalue weighted by Crippen LogP contribution is 2.21. The molecule has 0 saturated carbocycles. The largest absolute Gasteiger partial charge is 0.491 e. The van der Waals surface area contributed by atoms with Gasteiger partial charge in [-0.2, -0.15) is 0 Å². The molecule has 0 aliphatic carbocycles. The van der Waals surface area contributed by atoms with Crippen molar-refractivity contribution in [2.75, 3.05) is 19.4 Å². The van der Waals surface area contributed by atoms with Crippen molar-refractivity contribution in [3.63, 3.8) is 0 Å². The molecule has 0 aromatic heterocycles. The second-order valence-electron chi connectivity index (χ2n) is 6.30. The summed E-state index contributed by atoms with van der Waals surface area (Å²) in [5.41, 5.74) is 0.576. The standard InChI is InChI=1S/C15H25NO4S/c1-11-8-13(6-7-14(11)21(5,18)19)20-10-12(17)9-16-15(2,3)4/h6-8,12,16-17H,9-10H2,1-5H3. The van der Waals surface area contributed by atoms with Crippen molar-refractivity contribution in [3.8, 4) is 5.75 Å². The molecule has 0 radical (unpaired) electrons. The van der Waals surface area contributed by atoms with Gasteiger partial charge in [-0.25, -0.2) is 8.42 Å². The van der Waals surface area contributed by atoms with E-state index in [1.54, 1.807) is 19.1 Å². The first-order chi connectivity index (χ1) is 9.49. The Bertz CT molecular complexity index is 576. The van der Waals surface area contributed by atoms with Crippen LogP contribution in [0.25, 0.3) is 0 Å². The highest BCUT2D eigenvalue weighted by Gasteiger charge is 2.14. The minimum atomic E-state index is -3.22. The maximum absolute atomic E-state index is 11.5. The predicted octanol–water partition coefficient (Wildman–Crippen LogP) is 1.53. The summed E-state index contributed by atoms with van der Waals surface area (Å²) in [5.74, 6) is 0.551. The summed E-state index contributed by atoms with van der Waals surface area (Å²) in [4.78, 5) is 0.296. The van der Waals surface area contributed by atoms with Crippen LogP contribution in [0, 0.1) is 6.92 Å². The number of sulfone groups is 1. The van der Waals surface area contributed by atoms with Gasteiger partial charge >= 0.3 is 0 Å². The Hall–Kier alpha value is -1.11. The van der Waals surface area contributed by atoms with E-state index in [1.165, 1.54) is 12.3 Å². The van der Waals surface area contributed by atoms with E-state index in [9.17, 15) is 13.5 Å². The first-order valence-electron chi connectivity index (χ1n) is 6.85. The third kappa shape index (κ3) is 6.46. The predicted molar refractivity (Wildman–Crippen MR) is 83.5 cm³/mol. The molecule has 0 heterocycles. The molecular formula is C15H25NO4S. The second kappa shape index (κ2) is 6.77. The fourth-order valence-electron chi connectivity index (χ4n) is 1.80. The second-order valence-corrected chi connectivity index (χ2v) is 8.28. The van der Waals surface area contributed by atoms with Crippen LogP contribution >= 0.6 is 0 Å². The Morgan fingerprint density at radius 2 is 1.95 bits per heavy atom. The maximum atomic E-state index is 11.5. The van der Waals surface area contributed by atoms with Crippen LogP contribution in [-0.2, 0) is 9.84 Å². The molecule has 1 aromatic rings. The quantitative estimate of drug-likeness (QED) is 0.832. The first-order valence-corrected chi connectivity index (χ1v) is 8.75.